The van der Waals surface area contributed by atoms with Gasteiger partial charge in [-0.25, -0.2) is 8.42 Å². The van der Waals surface area contributed by atoms with Gasteiger partial charge in [-0.05, 0) is 37.0 Å². The number of halogens is 2. The number of nitrogens with one attached hydrogen (secondary N) is 1. The van der Waals surface area contributed by atoms with Crippen LogP contribution in [0, 0.1) is 0 Å². The van der Waals surface area contributed by atoms with Crippen LogP contribution in [-0.2, 0) is 10.0 Å². The predicted molar refractivity (Wildman–Crippen MR) is 114 cm³/mol. The molecule has 4 rings (SSSR count). The number of fused-ring (bicyclic) bond motifs is 1. The summed E-state index contributed by atoms with van der Waals surface area (Å²) in [6, 6.07) is 4.06. The van der Waals surface area contributed by atoms with Crippen LogP contribution in [0.1, 0.15) is 37.8 Å². The molecule has 1 aliphatic heterocycles. The first-order chi connectivity index (χ1) is 13.3. The molecule has 0 atom stereocenters. The van der Waals surface area contributed by atoms with E-state index >= 15 is 0 Å². The van der Waals surface area contributed by atoms with Gasteiger partial charge in [0, 0.05) is 29.9 Å². The lowest BCUT2D eigenvalue weighted by Crippen LogP contribution is -2.33. The Bertz CT molecular complexity index is 1050. The number of aromatic nitrogens is 2. The quantitative estimate of drug-likeness (QED) is 0.764. The van der Waals surface area contributed by atoms with Gasteiger partial charge < -0.3 is 5.32 Å². The van der Waals surface area contributed by atoms with Crippen molar-refractivity contribution in [1.29, 1.82) is 0 Å². The molecule has 0 unspecified atom stereocenters. The van der Waals surface area contributed by atoms with Crippen LogP contribution >= 0.6 is 23.2 Å². The summed E-state index contributed by atoms with van der Waals surface area (Å²) in [5.41, 5.74) is 1.71. The van der Waals surface area contributed by atoms with E-state index in [1.807, 2.05) is 18.2 Å². The zero-order valence-electron chi connectivity index (χ0n) is 15.6. The highest BCUT2D eigenvalue weighted by Crippen LogP contribution is 2.36. The fourth-order valence-electron chi connectivity index (χ4n) is 3.92. The molecule has 150 valence electrons. The van der Waals surface area contributed by atoms with Gasteiger partial charge >= 0.3 is 0 Å². The zero-order valence-corrected chi connectivity index (χ0v) is 17.9. The van der Waals surface area contributed by atoms with Crippen LogP contribution in [0.25, 0.3) is 16.3 Å². The van der Waals surface area contributed by atoms with Crippen molar-refractivity contribution in [3.63, 3.8) is 0 Å². The smallest absolute Gasteiger partial charge is 0.211 e. The summed E-state index contributed by atoms with van der Waals surface area (Å²) in [5, 5.41) is 15.1. The highest BCUT2D eigenvalue weighted by molar-refractivity contribution is 7.88. The lowest BCUT2D eigenvalue weighted by molar-refractivity contribution is 0.445. The maximum atomic E-state index is 11.8. The Balaban J connectivity index is 1.75. The molecule has 0 bridgehead atoms. The summed E-state index contributed by atoms with van der Waals surface area (Å²) in [7, 11) is -3.20. The van der Waals surface area contributed by atoms with E-state index in [9.17, 15) is 8.42 Å². The molecule has 28 heavy (non-hydrogen) atoms. The van der Waals surface area contributed by atoms with Crippen molar-refractivity contribution >= 4 is 55.4 Å². The highest BCUT2D eigenvalue weighted by Gasteiger charge is 2.24. The van der Waals surface area contributed by atoms with Crippen LogP contribution in [0.15, 0.2) is 18.2 Å². The number of rotatable bonds is 4. The molecule has 1 aromatic heterocycles. The minimum Gasteiger partial charge on any atom is -0.365 e. The zero-order chi connectivity index (χ0) is 19.9. The maximum absolute atomic E-state index is 11.8. The number of hydrogen-bond donors (Lipinski definition) is 1. The van der Waals surface area contributed by atoms with Crippen LogP contribution < -0.4 is 5.32 Å². The predicted octanol–water partition coefficient (Wildman–Crippen LogP) is 4.34. The molecule has 9 heteroatoms. The molecule has 0 radical (unpaired) electrons. The second-order valence-corrected chi connectivity index (χ2v) is 10.2. The molecular weight excluding hydrogens is 419 g/mol. The number of sulfonamides is 1. The molecule has 0 amide bonds. The van der Waals surface area contributed by atoms with Crippen molar-refractivity contribution in [3.05, 3.63) is 33.9 Å². The Hall–Kier alpha value is -1.41. The summed E-state index contributed by atoms with van der Waals surface area (Å²) < 4.78 is 25.0. The Labute approximate surface area is 175 Å². The topological polar surface area (TPSA) is 75.2 Å². The SMILES string of the molecule is CS(=O)(=O)N1CC=C(c2nnc(NC3CCCC3)c3cc(Cl)c(Cl)cc23)CC1. The average molecular weight is 441 g/mol. The minimum atomic E-state index is -3.20. The molecular formula is C19H22Cl2N4O2S. The molecule has 0 saturated heterocycles. The number of nitrogens with zero attached hydrogens (tertiary/aromatic N) is 3. The maximum Gasteiger partial charge on any atom is 0.211 e. The molecule has 1 saturated carbocycles. The van der Waals surface area contributed by atoms with Gasteiger partial charge in [0.25, 0.3) is 0 Å². The van der Waals surface area contributed by atoms with Crippen LogP contribution in [0.4, 0.5) is 5.82 Å². The van der Waals surface area contributed by atoms with E-state index in [2.05, 4.69) is 15.5 Å². The van der Waals surface area contributed by atoms with E-state index in [-0.39, 0.29) is 0 Å². The van der Waals surface area contributed by atoms with Gasteiger partial charge in [0.2, 0.25) is 10.0 Å². The monoisotopic (exact) mass is 440 g/mol. The van der Waals surface area contributed by atoms with Gasteiger partial charge in [-0.1, -0.05) is 42.1 Å². The summed E-state index contributed by atoms with van der Waals surface area (Å²) in [4.78, 5) is 0. The standard InChI is InChI=1S/C19H22Cl2N4O2S/c1-28(26,27)25-8-6-12(7-9-25)18-14-10-16(20)17(21)11-15(14)19(24-23-18)22-13-4-2-3-5-13/h6,10-11,13H,2-5,7-9H2,1H3,(H,22,24). The molecule has 2 aliphatic rings. The fourth-order valence-corrected chi connectivity index (χ4v) is 5.02. The van der Waals surface area contributed by atoms with Gasteiger partial charge in [0.05, 0.1) is 22.0 Å². The summed E-state index contributed by atoms with van der Waals surface area (Å²) in [6.45, 7) is 0.762. The van der Waals surface area contributed by atoms with Crippen molar-refractivity contribution in [3.8, 4) is 0 Å². The van der Waals surface area contributed by atoms with E-state index in [1.165, 1.54) is 23.4 Å². The van der Waals surface area contributed by atoms with Crippen LogP contribution in [0.2, 0.25) is 10.0 Å². The van der Waals surface area contributed by atoms with Crippen molar-refractivity contribution in [2.75, 3.05) is 24.7 Å². The third-order valence-corrected chi connectivity index (χ3v) is 7.45. The van der Waals surface area contributed by atoms with Crippen molar-refractivity contribution < 1.29 is 8.42 Å². The van der Waals surface area contributed by atoms with Gasteiger partial charge in [-0.15, -0.1) is 10.2 Å². The first-order valence-electron chi connectivity index (χ1n) is 9.39. The van der Waals surface area contributed by atoms with Crippen LogP contribution in [0.5, 0.6) is 0 Å². The Morgan fingerprint density at radius 3 is 2.39 bits per heavy atom. The van der Waals surface area contributed by atoms with Crippen molar-refractivity contribution in [2.24, 2.45) is 0 Å². The Morgan fingerprint density at radius 1 is 1.11 bits per heavy atom. The van der Waals surface area contributed by atoms with E-state index < -0.39 is 10.0 Å². The van der Waals surface area contributed by atoms with E-state index in [1.54, 1.807) is 0 Å². The number of hydrogen-bond acceptors (Lipinski definition) is 5. The summed E-state index contributed by atoms with van der Waals surface area (Å²) >= 11 is 12.6. The second-order valence-electron chi connectivity index (χ2n) is 7.44. The fraction of sp³-hybridized carbons (Fsp3) is 0.474. The summed E-state index contributed by atoms with van der Waals surface area (Å²) in [5.74, 6) is 0.721. The minimum absolute atomic E-state index is 0.334. The molecule has 1 fully saturated rings. The second kappa shape index (κ2) is 7.78. The van der Waals surface area contributed by atoms with Gasteiger partial charge in [0.1, 0.15) is 0 Å². The van der Waals surface area contributed by atoms with E-state index in [0.29, 0.717) is 35.6 Å². The largest absolute Gasteiger partial charge is 0.365 e. The Kier molecular flexibility index (Phi) is 5.53. The molecule has 2 aromatic rings. The van der Waals surface area contributed by atoms with Crippen molar-refractivity contribution in [1.82, 2.24) is 14.5 Å². The summed E-state index contributed by atoms with van der Waals surface area (Å²) in [6.07, 6.45) is 8.39. The van der Waals surface area contributed by atoms with Gasteiger partial charge in [-0.3, -0.25) is 0 Å². The van der Waals surface area contributed by atoms with Crippen LogP contribution in [0.3, 0.4) is 0 Å². The molecule has 0 spiro atoms. The molecule has 6 nitrogen and oxygen atoms in total. The lowest BCUT2D eigenvalue weighted by atomic mass is 10.00. The molecule has 1 aliphatic carbocycles. The third-order valence-electron chi connectivity index (χ3n) is 5.46. The van der Waals surface area contributed by atoms with E-state index in [0.717, 1.165) is 40.7 Å². The highest BCUT2D eigenvalue weighted by atomic mass is 35.5. The van der Waals surface area contributed by atoms with Gasteiger partial charge in [0.15, 0.2) is 5.82 Å². The van der Waals surface area contributed by atoms with E-state index in [4.69, 9.17) is 23.2 Å². The first kappa shape index (κ1) is 19.9. The van der Waals surface area contributed by atoms with Crippen molar-refractivity contribution in [2.45, 2.75) is 38.1 Å². The Morgan fingerprint density at radius 2 is 1.79 bits per heavy atom. The molecule has 1 N–H and O–H groups in total. The first-order valence-corrected chi connectivity index (χ1v) is 12.0. The lowest BCUT2D eigenvalue weighted by Gasteiger charge is -2.24. The number of benzene rings is 1. The molecule has 1 aromatic carbocycles. The normalized spacial score (nSPS) is 19.2. The third kappa shape index (κ3) is 3.99. The number of anilines is 1. The van der Waals surface area contributed by atoms with Crippen LogP contribution in [-0.4, -0.2) is 48.3 Å². The van der Waals surface area contributed by atoms with Gasteiger partial charge in [-0.2, -0.15) is 4.31 Å². The molecule has 2 heterocycles. The average Bonchev–Trinajstić information content (AvgIpc) is 3.16.